The van der Waals surface area contributed by atoms with Gasteiger partial charge in [0, 0.05) is 86.5 Å². The van der Waals surface area contributed by atoms with Crippen LogP contribution in [0, 0.1) is 0 Å². The quantitative estimate of drug-likeness (QED) is 0.0154. The number of aromatic nitrogens is 3. The second-order valence-corrected chi connectivity index (χ2v) is 22.7. The van der Waals surface area contributed by atoms with E-state index in [-0.39, 0.29) is 28.4 Å². The van der Waals surface area contributed by atoms with E-state index in [4.69, 9.17) is 18.9 Å². The average Bonchev–Trinajstić information content (AvgIpc) is 4.27. The largest absolute Gasteiger partial charge is 0.379 e. The molecule has 17 heteroatoms. The maximum atomic E-state index is 12.9. The number of rotatable bonds is 34. The summed E-state index contributed by atoms with van der Waals surface area (Å²) in [6.45, 7) is 15.2. The zero-order valence-electron chi connectivity index (χ0n) is 47.4. The van der Waals surface area contributed by atoms with E-state index in [0.29, 0.717) is 105 Å². The molecule has 3 N–H and O–H groups in total. The van der Waals surface area contributed by atoms with Gasteiger partial charge in [-0.1, -0.05) is 116 Å². The topological polar surface area (TPSA) is 186 Å². The van der Waals surface area contributed by atoms with Gasteiger partial charge in [-0.15, -0.1) is 5.10 Å². The number of carbonyl (C=O) groups is 2. The van der Waals surface area contributed by atoms with Gasteiger partial charge in [-0.2, -0.15) is 13.0 Å². The van der Waals surface area contributed by atoms with Crippen molar-refractivity contribution in [3.63, 3.8) is 0 Å². The van der Waals surface area contributed by atoms with Gasteiger partial charge < -0.3 is 34.5 Å². The van der Waals surface area contributed by atoms with Gasteiger partial charge in [0.2, 0.25) is 17.5 Å². The zero-order chi connectivity index (χ0) is 56.8. The first-order valence-corrected chi connectivity index (χ1v) is 29.8. The number of nitrogens with one attached hydrogen (secondary N) is 2. The van der Waals surface area contributed by atoms with Crippen molar-refractivity contribution in [1.82, 2.24) is 25.6 Å². The van der Waals surface area contributed by atoms with Crippen LogP contribution in [0.3, 0.4) is 0 Å². The Morgan fingerprint density at radius 3 is 1.98 bits per heavy atom. The monoisotopic (exact) mass is 1110 g/mol. The summed E-state index contributed by atoms with van der Waals surface area (Å²) in [7, 11) is -2.41. The lowest BCUT2D eigenvalue weighted by atomic mass is 9.79. The van der Waals surface area contributed by atoms with E-state index in [9.17, 15) is 22.6 Å². The normalized spacial score (nSPS) is 15.5. The molecule has 0 radical (unpaired) electrons. The fourth-order valence-electron chi connectivity index (χ4n) is 10.6. The molecule has 0 spiro atoms. The van der Waals surface area contributed by atoms with Gasteiger partial charge >= 0.3 is 0 Å². The zero-order valence-corrected chi connectivity index (χ0v) is 48.2. The minimum absolute atomic E-state index is 0.0406. The molecule has 0 bridgehead atoms. The molecule has 1 aromatic heterocycles. The summed E-state index contributed by atoms with van der Waals surface area (Å²) in [6, 6.07) is 25.9. The lowest BCUT2D eigenvalue weighted by molar-refractivity contribution is -0.438. The molecule has 0 atom stereocenters. The maximum Gasteiger partial charge on any atom is 0.264 e. The predicted octanol–water partition coefficient (Wildman–Crippen LogP) is 9.66. The number of hydrogen-bond acceptors (Lipinski definition) is 11. The molecular formula is C63H82N7O9S+. The van der Waals surface area contributed by atoms with Crippen LogP contribution in [0.15, 0.2) is 139 Å². The summed E-state index contributed by atoms with van der Waals surface area (Å²) in [5, 5.41) is 19.0. The number of carbonyl (C=O) groups excluding carboxylic acids is 2. The maximum absolute atomic E-state index is 12.9. The molecule has 2 amide bonds. The number of hydrogen-bond donors (Lipinski definition) is 3. The third-order valence-electron chi connectivity index (χ3n) is 14.6. The van der Waals surface area contributed by atoms with E-state index in [1.165, 1.54) is 44.1 Å². The second-order valence-electron chi connectivity index (χ2n) is 21.1. The molecule has 5 aromatic rings. The number of allylic oxidation sites excluding steroid dienone is 10. The number of benzene rings is 4. The summed E-state index contributed by atoms with van der Waals surface area (Å²) in [5.74, 6) is -0.253. The van der Waals surface area contributed by atoms with Crippen LogP contribution in [0.5, 0.6) is 0 Å². The fourth-order valence-corrected chi connectivity index (χ4v) is 11.2. The molecule has 4 aromatic carbocycles. The van der Waals surface area contributed by atoms with E-state index in [1.807, 2.05) is 30.5 Å². The third-order valence-corrected chi connectivity index (χ3v) is 15.4. The molecule has 2 aliphatic heterocycles. The van der Waals surface area contributed by atoms with Crippen LogP contribution in [0.4, 0.5) is 11.4 Å². The van der Waals surface area contributed by atoms with Gasteiger partial charge in [-0.3, -0.25) is 14.1 Å². The van der Waals surface area contributed by atoms with Crippen LogP contribution < -0.4 is 15.5 Å². The van der Waals surface area contributed by atoms with E-state index < -0.39 is 10.1 Å². The Bertz CT molecular complexity index is 3170. The van der Waals surface area contributed by atoms with Gasteiger partial charge in [-0.25, -0.2) is 4.68 Å². The first kappa shape index (κ1) is 61.0. The fraction of sp³-hybridized carbons (Fsp3) is 0.444. The van der Waals surface area contributed by atoms with Crippen molar-refractivity contribution in [3.8, 4) is 0 Å². The Morgan fingerprint density at radius 2 is 1.29 bits per heavy atom. The van der Waals surface area contributed by atoms with Crippen LogP contribution in [-0.4, -0.2) is 135 Å². The number of fused-ring (bicyclic) bond motifs is 6. The summed E-state index contributed by atoms with van der Waals surface area (Å²) >= 11 is 0. The van der Waals surface area contributed by atoms with Crippen molar-refractivity contribution >= 4 is 60.6 Å². The van der Waals surface area contributed by atoms with E-state index in [2.05, 4.69) is 161 Å². The van der Waals surface area contributed by atoms with Crippen LogP contribution in [0.25, 0.3) is 21.5 Å². The van der Waals surface area contributed by atoms with E-state index >= 15 is 0 Å². The van der Waals surface area contributed by atoms with E-state index in [0.717, 1.165) is 42.9 Å². The molecule has 0 saturated heterocycles. The van der Waals surface area contributed by atoms with Crippen LogP contribution in [0.2, 0.25) is 0 Å². The smallest absolute Gasteiger partial charge is 0.264 e. The highest BCUT2D eigenvalue weighted by molar-refractivity contribution is 7.85. The number of nitrogens with zero attached hydrogens (tertiary/aromatic N) is 5. The second kappa shape index (κ2) is 30.3. The molecule has 0 saturated carbocycles. The Kier molecular flexibility index (Phi) is 23.1. The molecule has 0 unspecified atom stereocenters. The van der Waals surface area contributed by atoms with Gasteiger partial charge in [0.25, 0.3) is 10.1 Å². The number of amides is 2. The van der Waals surface area contributed by atoms with Gasteiger partial charge in [0.05, 0.1) is 76.3 Å². The van der Waals surface area contributed by atoms with Gasteiger partial charge in [-0.05, 0) is 84.8 Å². The standard InChI is InChI=1S/C63H81N7O9S/c1-62(2)56(26-12-9-7-6-8-10-13-27-57-63(3,4)61-53-25-18-16-23-50(53)30-32-55(61)70(57)37-20-21-47-80(73,74)75)69(54-31-29-49-22-15-17-24-52(49)60(54)62)36-19-11-14-28-59(72)65-35-33-51-48-68(67-66-51)38-40-77-42-44-79-46-45-78-43-41-76-39-34-58(71)64-5/h6-10,12-13,15-18,22-27,29-32,48H,11,14,19-21,28,33-47H2,1-5H3,(H2-,64,65,71,72,73,74,75)/p+1. The van der Waals surface area contributed by atoms with Crippen LogP contribution >= 0.6 is 0 Å². The van der Waals surface area contributed by atoms with Gasteiger partial charge in [0.1, 0.15) is 6.54 Å². The summed E-state index contributed by atoms with van der Waals surface area (Å²) in [4.78, 5) is 26.3. The lowest BCUT2D eigenvalue weighted by Gasteiger charge is -2.27. The molecule has 80 heavy (non-hydrogen) atoms. The van der Waals surface area contributed by atoms with Crippen molar-refractivity contribution in [2.45, 2.75) is 96.4 Å². The van der Waals surface area contributed by atoms with Crippen LogP contribution in [-0.2, 0) is 62.5 Å². The number of anilines is 1. The third kappa shape index (κ3) is 17.2. The Labute approximate surface area is 473 Å². The summed E-state index contributed by atoms with van der Waals surface area (Å²) in [6.07, 6.45) is 25.7. The highest BCUT2D eigenvalue weighted by atomic mass is 32.2. The average molecular weight is 1110 g/mol. The molecule has 0 aliphatic carbocycles. The van der Waals surface area contributed by atoms with Crippen molar-refractivity contribution in [1.29, 1.82) is 0 Å². The predicted molar refractivity (Wildman–Crippen MR) is 319 cm³/mol. The lowest BCUT2D eigenvalue weighted by Crippen LogP contribution is -2.28. The Hall–Kier alpha value is -6.60. The first-order valence-electron chi connectivity index (χ1n) is 28.2. The minimum atomic E-state index is -4.01. The summed E-state index contributed by atoms with van der Waals surface area (Å²) in [5.41, 5.74) is 7.61. The number of unbranched alkanes of at least 4 members (excludes halogenated alkanes) is 3. The Morgan fingerprint density at radius 1 is 0.662 bits per heavy atom. The van der Waals surface area contributed by atoms with Gasteiger partial charge in [0.15, 0.2) is 5.71 Å². The molecule has 2 aliphatic rings. The highest BCUT2D eigenvalue weighted by Gasteiger charge is 2.45. The van der Waals surface area contributed by atoms with Crippen molar-refractivity contribution < 1.29 is 46.1 Å². The molecule has 428 valence electrons. The van der Waals surface area contributed by atoms with Crippen LogP contribution in [0.1, 0.15) is 89.5 Å². The van der Waals surface area contributed by atoms with E-state index in [1.54, 1.807) is 11.7 Å². The minimum Gasteiger partial charge on any atom is -0.379 e. The van der Waals surface area contributed by atoms with Crippen molar-refractivity contribution in [2.75, 3.05) is 90.2 Å². The molecule has 0 fully saturated rings. The molecule has 7 rings (SSSR count). The highest BCUT2D eigenvalue weighted by Crippen LogP contribution is 2.51. The molecular weight excluding hydrogens is 1030 g/mol. The first-order chi connectivity index (χ1) is 38.7. The summed E-state index contributed by atoms with van der Waals surface area (Å²) < 4.78 is 58.5. The molecule has 3 heterocycles. The van der Waals surface area contributed by atoms with Crippen molar-refractivity contribution in [3.05, 3.63) is 156 Å². The molecule has 16 nitrogen and oxygen atoms in total. The SMILES string of the molecule is CNC(=O)CCOCCOCCOCCOCCn1cc(CCNC(=O)CCCCC[N+]2=C(/C=C/C=C/C=C/C=C/C=C3/N(CCCCS(=O)(=O)O)c4ccc5ccccc5c4C3(C)C)C(C)(C)c3c2ccc2ccccc32)nn1. The Balaban J connectivity index is 0.849. The number of ether oxygens (including phenoxy) is 4. The van der Waals surface area contributed by atoms with Crippen molar-refractivity contribution in [2.24, 2.45) is 0 Å².